The molecule has 0 spiro atoms. The number of hydrogen-bond donors (Lipinski definition) is 2. The summed E-state index contributed by atoms with van der Waals surface area (Å²) in [5.74, 6) is -1.21. The zero-order valence-electron chi connectivity index (χ0n) is 15.4. The molecule has 1 fully saturated rings. The highest BCUT2D eigenvalue weighted by molar-refractivity contribution is 5.96. The van der Waals surface area contributed by atoms with Gasteiger partial charge in [-0.05, 0) is 55.8 Å². The van der Waals surface area contributed by atoms with Crippen LogP contribution in [0.1, 0.15) is 29.0 Å². The molecule has 28 heavy (non-hydrogen) atoms. The Morgan fingerprint density at radius 3 is 2.54 bits per heavy atom. The third kappa shape index (κ3) is 4.07. The largest absolute Gasteiger partial charge is 0.475 e. The fraction of sp³-hybridized carbons (Fsp3) is 0.273. The molecular formula is C22H22N2O4. The second-order valence-corrected chi connectivity index (χ2v) is 7.19. The van der Waals surface area contributed by atoms with Crippen LogP contribution in [0.15, 0.2) is 59.0 Å². The van der Waals surface area contributed by atoms with Gasteiger partial charge in [0.2, 0.25) is 11.7 Å². The summed E-state index contributed by atoms with van der Waals surface area (Å²) in [4.78, 5) is 26.0. The minimum absolute atomic E-state index is 0.0124. The Morgan fingerprint density at radius 1 is 1.07 bits per heavy atom. The second kappa shape index (κ2) is 7.86. The predicted molar refractivity (Wildman–Crippen MR) is 106 cm³/mol. The third-order valence-electron chi connectivity index (χ3n) is 5.20. The maximum absolute atomic E-state index is 12.6. The molecule has 0 aliphatic carbocycles. The van der Waals surface area contributed by atoms with E-state index in [4.69, 9.17) is 9.52 Å². The van der Waals surface area contributed by atoms with E-state index >= 15 is 0 Å². The quantitative estimate of drug-likeness (QED) is 0.702. The van der Waals surface area contributed by atoms with Gasteiger partial charge >= 0.3 is 5.97 Å². The first-order valence-electron chi connectivity index (χ1n) is 9.42. The number of aromatic carboxylic acids is 1. The molecule has 6 heteroatoms. The molecule has 0 radical (unpaired) electrons. The molecule has 6 nitrogen and oxygen atoms in total. The molecule has 2 heterocycles. The number of rotatable bonds is 5. The monoisotopic (exact) mass is 378 g/mol. The summed E-state index contributed by atoms with van der Waals surface area (Å²) in [6, 6.07) is 17.0. The standard InChI is InChI=1S/C22H22N2O4/c25-21(16-8-10-24(11-9-16)14-15-4-2-1-3-5-15)23-18-6-7-19-17(12-18)13-20(28-19)22(26)27/h1-7,12-13,16H,8-11,14H2,(H,23,25)(H,26,27). The average molecular weight is 378 g/mol. The van der Waals surface area contributed by atoms with E-state index in [0.717, 1.165) is 32.5 Å². The molecule has 1 saturated heterocycles. The molecule has 2 aromatic carbocycles. The van der Waals surface area contributed by atoms with Gasteiger partial charge < -0.3 is 14.8 Å². The first kappa shape index (κ1) is 18.3. The van der Waals surface area contributed by atoms with Crippen molar-refractivity contribution in [3.63, 3.8) is 0 Å². The molecule has 0 saturated carbocycles. The van der Waals surface area contributed by atoms with Gasteiger partial charge in [0.25, 0.3) is 0 Å². The minimum Gasteiger partial charge on any atom is -0.475 e. The number of furan rings is 1. The van der Waals surface area contributed by atoms with Crippen molar-refractivity contribution >= 4 is 28.5 Å². The van der Waals surface area contributed by atoms with Crippen LogP contribution >= 0.6 is 0 Å². The lowest BCUT2D eigenvalue weighted by molar-refractivity contribution is -0.121. The van der Waals surface area contributed by atoms with E-state index in [1.54, 1.807) is 18.2 Å². The Hall–Kier alpha value is -3.12. The molecule has 0 bridgehead atoms. The summed E-state index contributed by atoms with van der Waals surface area (Å²) in [5, 5.41) is 12.6. The molecule has 3 aromatic rings. The summed E-state index contributed by atoms with van der Waals surface area (Å²) in [6.07, 6.45) is 1.66. The number of fused-ring (bicyclic) bond motifs is 1. The van der Waals surface area contributed by atoms with Gasteiger partial charge in [-0.2, -0.15) is 0 Å². The summed E-state index contributed by atoms with van der Waals surface area (Å²) in [5.41, 5.74) is 2.44. The fourth-order valence-corrected chi connectivity index (χ4v) is 3.67. The fourth-order valence-electron chi connectivity index (χ4n) is 3.67. The third-order valence-corrected chi connectivity index (χ3v) is 5.20. The van der Waals surface area contributed by atoms with Crippen LogP contribution < -0.4 is 5.32 Å². The lowest BCUT2D eigenvalue weighted by atomic mass is 9.95. The molecular weight excluding hydrogens is 356 g/mol. The molecule has 144 valence electrons. The smallest absolute Gasteiger partial charge is 0.371 e. The van der Waals surface area contributed by atoms with Crippen LogP contribution in [0.5, 0.6) is 0 Å². The second-order valence-electron chi connectivity index (χ2n) is 7.19. The lowest BCUT2D eigenvalue weighted by Crippen LogP contribution is -2.37. The summed E-state index contributed by atoms with van der Waals surface area (Å²) >= 11 is 0. The van der Waals surface area contributed by atoms with Gasteiger partial charge in [0.15, 0.2) is 0 Å². The normalized spacial score (nSPS) is 15.6. The number of piperidine rings is 1. The van der Waals surface area contributed by atoms with E-state index in [1.807, 2.05) is 18.2 Å². The van der Waals surface area contributed by atoms with Crippen molar-refractivity contribution in [3.05, 3.63) is 65.9 Å². The van der Waals surface area contributed by atoms with Gasteiger partial charge in [0.1, 0.15) is 5.58 Å². The Labute approximate surface area is 162 Å². The highest BCUT2D eigenvalue weighted by atomic mass is 16.4. The van der Waals surface area contributed by atoms with Crippen LogP contribution in [0.2, 0.25) is 0 Å². The van der Waals surface area contributed by atoms with E-state index in [0.29, 0.717) is 16.7 Å². The van der Waals surface area contributed by atoms with Crippen LogP contribution in [0.25, 0.3) is 11.0 Å². The number of amides is 1. The molecule has 1 aliphatic rings. The molecule has 1 aromatic heterocycles. The van der Waals surface area contributed by atoms with Gasteiger partial charge in [-0.25, -0.2) is 4.79 Å². The number of carbonyl (C=O) groups is 2. The average Bonchev–Trinajstić information content (AvgIpc) is 3.13. The highest BCUT2D eigenvalue weighted by Gasteiger charge is 2.25. The van der Waals surface area contributed by atoms with Crippen molar-refractivity contribution in [2.24, 2.45) is 5.92 Å². The SMILES string of the molecule is O=C(O)c1cc2cc(NC(=O)C3CCN(Cc4ccccc4)CC3)ccc2o1. The van der Waals surface area contributed by atoms with Gasteiger partial charge in [0, 0.05) is 23.5 Å². The Kier molecular flexibility index (Phi) is 5.12. The Balaban J connectivity index is 1.34. The molecule has 2 N–H and O–H groups in total. The highest BCUT2D eigenvalue weighted by Crippen LogP contribution is 2.25. The van der Waals surface area contributed by atoms with Crippen molar-refractivity contribution in [2.75, 3.05) is 18.4 Å². The van der Waals surface area contributed by atoms with Gasteiger partial charge in [0.05, 0.1) is 0 Å². The zero-order chi connectivity index (χ0) is 19.5. The van der Waals surface area contributed by atoms with Crippen LogP contribution in [0, 0.1) is 5.92 Å². The van der Waals surface area contributed by atoms with Crippen molar-refractivity contribution in [2.45, 2.75) is 19.4 Å². The summed E-state index contributed by atoms with van der Waals surface area (Å²) in [6.45, 7) is 2.71. The Bertz CT molecular complexity index is 988. The number of carboxylic acid groups (broad SMARTS) is 1. The zero-order valence-corrected chi connectivity index (χ0v) is 15.4. The van der Waals surface area contributed by atoms with E-state index in [1.165, 1.54) is 11.6 Å². The topological polar surface area (TPSA) is 82.8 Å². The van der Waals surface area contributed by atoms with E-state index in [-0.39, 0.29) is 17.6 Å². The first-order chi connectivity index (χ1) is 13.6. The van der Waals surface area contributed by atoms with E-state index in [2.05, 4.69) is 22.3 Å². The molecule has 4 rings (SSSR count). The number of benzene rings is 2. The number of nitrogens with one attached hydrogen (secondary N) is 1. The number of nitrogens with zero attached hydrogens (tertiary/aromatic N) is 1. The van der Waals surface area contributed by atoms with Crippen molar-refractivity contribution in [1.29, 1.82) is 0 Å². The lowest BCUT2D eigenvalue weighted by Gasteiger charge is -2.31. The molecule has 1 aliphatic heterocycles. The maximum Gasteiger partial charge on any atom is 0.371 e. The predicted octanol–water partition coefficient (Wildman–Crippen LogP) is 3.98. The summed E-state index contributed by atoms with van der Waals surface area (Å²) in [7, 11) is 0. The van der Waals surface area contributed by atoms with Crippen molar-refractivity contribution < 1.29 is 19.1 Å². The van der Waals surface area contributed by atoms with Crippen LogP contribution in [0.4, 0.5) is 5.69 Å². The van der Waals surface area contributed by atoms with Crippen LogP contribution in [-0.4, -0.2) is 35.0 Å². The van der Waals surface area contributed by atoms with Crippen molar-refractivity contribution in [3.8, 4) is 0 Å². The number of likely N-dealkylation sites (tertiary alicyclic amines) is 1. The summed E-state index contributed by atoms with van der Waals surface area (Å²) < 4.78 is 5.25. The number of carboxylic acids is 1. The maximum atomic E-state index is 12.6. The number of hydrogen-bond acceptors (Lipinski definition) is 4. The number of anilines is 1. The van der Waals surface area contributed by atoms with Crippen LogP contribution in [0.3, 0.4) is 0 Å². The Morgan fingerprint density at radius 2 is 1.82 bits per heavy atom. The molecule has 0 unspecified atom stereocenters. The van der Waals surface area contributed by atoms with E-state index in [9.17, 15) is 9.59 Å². The van der Waals surface area contributed by atoms with Gasteiger partial charge in [-0.1, -0.05) is 30.3 Å². The first-order valence-corrected chi connectivity index (χ1v) is 9.42. The van der Waals surface area contributed by atoms with Crippen molar-refractivity contribution in [1.82, 2.24) is 4.90 Å². The van der Waals surface area contributed by atoms with Gasteiger partial charge in [-0.3, -0.25) is 9.69 Å². The number of carbonyl (C=O) groups excluding carboxylic acids is 1. The minimum atomic E-state index is -1.11. The molecule has 1 amide bonds. The van der Waals surface area contributed by atoms with Crippen LogP contribution in [-0.2, 0) is 11.3 Å². The molecule has 0 atom stereocenters. The van der Waals surface area contributed by atoms with E-state index < -0.39 is 5.97 Å². The van der Waals surface area contributed by atoms with Gasteiger partial charge in [-0.15, -0.1) is 0 Å².